The van der Waals surface area contributed by atoms with Gasteiger partial charge in [-0.15, -0.1) is 12.4 Å². The Labute approximate surface area is 266 Å². The molecule has 5 rings (SSSR count). The summed E-state index contributed by atoms with van der Waals surface area (Å²) in [6, 6.07) is 15.4. The number of nitrogens with zero attached hydrogens (tertiary/aromatic N) is 2. The third-order valence-electron chi connectivity index (χ3n) is 7.28. The molecule has 0 aliphatic carbocycles. The van der Waals surface area contributed by atoms with Crippen molar-refractivity contribution >= 4 is 18.3 Å². The van der Waals surface area contributed by atoms with Gasteiger partial charge in [0.1, 0.15) is 24.2 Å². The van der Waals surface area contributed by atoms with Crippen LogP contribution in [0.3, 0.4) is 0 Å². The van der Waals surface area contributed by atoms with Crippen LogP contribution in [0.5, 0.6) is 0 Å². The Bertz CT molecular complexity index is 1690. The van der Waals surface area contributed by atoms with E-state index in [9.17, 15) is 18.7 Å². The molecule has 0 saturated heterocycles. The molecule has 236 valence electrons. The highest BCUT2D eigenvalue weighted by Gasteiger charge is 2.24. The Kier molecular flexibility index (Phi) is 11.6. The molecule has 0 fully saturated rings. The van der Waals surface area contributed by atoms with Crippen molar-refractivity contribution in [3.8, 4) is 22.9 Å². The van der Waals surface area contributed by atoms with Crippen molar-refractivity contribution in [2.24, 2.45) is 0 Å². The lowest BCUT2D eigenvalue weighted by atomic mass is 9.99. The van der Waals surface area contributed by atoms with Crippen LogP contribution in [0.1, 0.15) is 46.6 Å². The number of nitrogens with one attached hydrogen (secondary N) is 2. The minimum Gasteiger partial charge on any atom is -0.445 e. The molecule has 11 heteroatoms. The fourth-order valence-electron chi connectivity index (χ4n) is 4.96. The van der Waals surface area contributed by atoms with Crippen LogP contribution >= 0.6 is 12.4 Å². The van der Waals surface area contributed by atoms with Crippen LogP contribution in [0, 0.1) is 11.6 Å². The number of carbonyl (C=O) groups excluding carboxylic acids is 1. The summed E-state index contributed by atoms with van der Waals surface area (Å²) in [6.07, 6.45) is 4.96. The largest absolute Gasteiger partial charge is 0.445 e. The van der Waals surface area contributed by atoms with Gasteiger partial charge in [-0.1, -0.05) is 38.1 Å². The van der Waals surface area contributed by atoms with E-state index in [2.05, 4.69) is 39.7 Å². The van der Waals surface area contributed by atoms with Gasteiger partial charge >= 0.3 is 0 Å². The summed E-state index contributed by atoms with van der Waals surface area (Å²) in [5, 5.41) is 17.3. The first-order valence-corrected chi connectivity index (χ1v) is 14.5. The molecule has 0 aliphatic rings. The van der Waals surface area contributed by atoms with E-state index in [4.69, 9.17) is 8.83 Å². The van der Waals surface area contributed by atoms with Gasteiger partial charge in [0.2, 0.25) is 11.8 Å². The summed E-state index contributed by atoms with van der Waals surface area (Å²) < 4.78 is 39.2. The van der Waals surface area contributed by atoms with Gasteiger partial charge in [0, 0.05) is 35.8 Å². The van der Waals surface area contributed by atoms with Crippen LogP contribution < -0.4 is 10.6 Å². The van der Waals surface area contributed by atoms with Crippen LogP contribution in [0.4, 0.5) is 8.78 Å². The zero-order valence-corrected chi connectivity index (χ0v) is 25.7. The molecule has 5 aromatic rings. The van der Waals surface area contributed by atoms with E-state index in [0.717, 1.165) is 23.7 Å². The van der Waals surface area contributed by atoms with Crippen molar-refractivity contribution in [3.63, 3.8) is 0 Å². The highest BCUT2D eigenvalue weighted by Crippen LogP contribution is 2.28. The van der Waals surface area contributed by atoms with Crippen LogP contribution in [0.15, 0.2) is 88.2 Å². The number of aliphatic hydroxyl groups is 1. The van der Waals surface area contributed by atoms with Gasteiger partial charge in [-0.2, -0.15) is 0 Å². The fraction of sp³-hybridized carbons (Fsp3) is 0.265. The predicted octanol–water partition coefficient (Wildman–Crippen LogP) is 6.31. The summed E-state index contributed by atoms with van der Waals surface area (Å²) in [5.74, 6) is -1.37. The number of aryl methyl sites for hydroxylation is 2. The number of hydrogen-bond donors (Lipinski definition) is 3. The van der Waals surface area contributed by atoms with Crippen LogP contribution in [-0.2, 0) is 25.8 Å². The molecule has 0 aliphatic heterocycles. The Morgan fingerprint density at radius 1 is 0.911 bits per heavy atom. The van der Waals surface area contributed by atoms with Gasteiger partial charge in [-0.3, -0.25) is 4.79 Å². The third-order valence-corrected chi connectivity index (χ3v) is 7.28. The average molecular weight is 637 g/mol. The summed E-state index contributed by atoms with van der Waals surface area (Å²) in [5.41, 5.74) is 4.59. The van der Waals surface area contributed by atoms with E-state index < -0.39 is 29.7 Å². The average Bonchev–Trinajstić information content (AvgIpc) is 3.73. The lowest BCUT2D eigenvalue weighted by Gasteiger charge is -2.25. The Morgan fingerprint density at radius 2 is 1.64 bits per heavy atom. The normalized spacial score (nSPS) is 12.4. The number of benzene rings is 3. The molecule has 0 spiro atoms. The standard InChI is InChI=1S/C34H34F2N4O4.ClH/c1-3-21-6-5-7-22(10-21)18-37-19-31(41)30(13-23-11-27(35)17-28(36)12-23)40-32(42)24-14-25(33-38-8-9-43-33)16-26(15-24)34-39-29(4-2)20-44-34;/h5-12,14-17,20,30-31,37,41H,3-4,13,18-19H2,1-2H3,(H,40,42);1H/t30-,31-;/m0./s1. The number of rotatable bonds is 13. The minimum atomic E-state index is -1.09. The maximum absolute atomic E-state index is 14.0. The molecule has 2 heterocycles. The van der Waals surface area contributed by atoms with Crippen molar-refractivity contribution in [1.82, 2.24) is 20.6 Å². The van der Waals surface area contributed by atoms with Crippen molar-refractivity contribution in [3.05, 3.63) is 119 Å². The second-order valence-electron chi connectivity index (χ2n) is 10.6. The van der Waals surface area contributed by atoms with E-state index >= 15 is 0 Å². The Morgan fingerprint density at radius 3 is 2.31 bits per heavy atom. The smallest absolute Gasteiger partial charge is 0.251 e. The minimum absolute atomic E-state index is 0. The van der Waals surface area contributed by atoms with Crippen LogP contribution in [0.2, 0.25) is 0 Å². The highest BCUT2D eigenvalue weighted by atomic mass is 35.5. The van der Waals surface area contributed by atoms with Gasteiger partial charge in [0.05, 0.1) is 24.0 Å². The highest BCUT2D eigenvalue weighted by molar-refractivity contribution is 5.97. The number of aromatic nitrogens is 2. The predicted molar refractivity (Wildman–Crippen MR) is 169 cm³/mol. The second kappa shape index (κ2) is 15.6. The van der Waals surface area contributed by atoms with E-state index in [-0.39, 0.29) is 30.9 Å². The van der Waals surface area contributed by atoms with E-state index in [1.807, 2.05) is 19.1 Å². The summed E-state index contributed by atoms with van der Waals surface area (Å²) in [6.45, 7) is 4.65. The molecule has 8 nitrogen and oxygen atoms in total. The monoisotopic (exact) mass is 636 g/mol. The van der Waals surface area contributed by atoms with Gasteiger partial charge in [-0.05, 0) is 66.3 Å². The molecule has 1 amide bonds. The van der Waals surface area contributed by atoms with Crippen molar-refractivity contribution in [2.75, 3.05) is 6.54 Å². The third kappa shape index (κ3) is 8.85. The van der Waals surface area contributed by atoms with E-state index in [1.54, 1.807) is 24.5 Å². The first kappa shape index (κ1) is 33.5. The summed E-state index contributed by atoms with van der Waals surface area (Å²) in [4.78, 5) is 22.4. The Balaban J connectivity index is 0.00000461. The van der Waals surface area contributed by atoms with E-state index in [1.165, 1.54) is 30.2 Å². The zero-order valence-electron chi connectivity index (χ0n) is 24.9. The maximum Gasteiger partial charge on any atom is 0.251 e. The number of oxazole rings is 2. The van der Waals surface area contributed by atoms with Gasteiger partial charge in [0.15, 0.2) is 0 Å². The SMILES string of the molecule is CCc1cccc(CNC[C@H](O)[C@H](Cc2cc(F)cc(F)c2)NC(=O)c2cc(-c3ncco3)cc(-c3nc(CC)co3)c2)c1.Cl. The van der Waals surface area contributed by atoms with Crippen molar-refractivity contribution < 1.29 is 27.5 Å². The quantitative estimate of drug-likeness (QED) is 0.139. The lowest BCUT2D eigenvalue weighted by Crippen LogP contribution is -2.48. The molecule has 3 aromatic carbocycles. The first-order chi connectivity index (χ1) is 21.3. The number of aliphatic hydroxyl groups excluding tert-OH is 1. The van der Waals surface area contributed by atoms with E-state index in [0.29, 0.717) is 41.4 Å². The number of amides is 1. The zero-order chi connectivity index (χ0) is 31.1. The molecule has 0 bridgehead atoms. The van der Waals surface area contributed by atoms with Gasteiger partial charge in [0.25, 0.3) is 5.91 Å². The molecule has 0 radical (unpaired) electrons. The molecule has 2 aromatic heterocycles. The van der Waals surface area contributed by atoms with Gasteiger partial charge in [-0.25, -0.2) is 18.7 Å². The number of halogens is 3. The molecule has 3 N–H and O–H groups in total. The first-order valence-electron chi connectivity index (χ1n) is 14.5. The molecule has 2 atom stereocenters. The number of carbonyl (C=O) groups is 1. The van der Waals surface area contributed by atoms with Crippen molar-refractivity contribution in [2.45, 2.75) is 51.8 Å². The van der Waals surface area contributed by atoms with Crippen molar-refractivity contribution in [1.29, 1.82) is 0 Å². The summed E-state index contributed by atoms with van der Waals surface area (Å²) >= 11 is 0. The molecule has 45 heavy (non-hydrogen) atoms. The molecular weight excluding hydrogens is 602 g/mol. The maximum atomic E-state index is 14.0. The molecule has 0 saturated carbocycles. The number of hydrogen-bond acceptors (Lipinski definition) is 7. The Hall–Kier alpha value is -4.38. The van der Waals surface area contributed by atoms with Gasteiger partial charge < -0.3 is 24.6 Å². The van der Waals surface area contributed by atoms with Crippen LogP contribution in [-0.4, -0.2) is 39.7 Å². The molecular formula is C34H35ClF2N4O4. The van der Waals surface area contributed by atoms with Crippen LogP contribution in [0.25, 0.3) is 22.9 Å². The lowest BCUT2D eigenvalue weighted by molar-refractivity contribution is 0.0830. The molecule has 0 unspecified atom stereocenters. The summed E-state index contributed by atoms with van der Waals surface area (Å²) in [7, 11) is 0. The fourth-order valence-corrected chi connectivity index (χ4v) is 4.96. The topological polar surface area (TPSA) is 113 Å². The second-order valence-corrected chi connectivity index (χ2v) is 10.6.